The van der Waals surface area contributed by atoms with E-state index in [2.05, 4.69) is 48.6 Å². The predicted octanol–water partition coefficient (Wildman–Crippen LogP) is 3.41. The molecule has 3 nitrogen and oxygen atoms in total. The molecular weight excluding hydrogens is 262 g/mol. The fourth-order valence-electron chi connectivity index (χ4n) is 2.79. The molecule has 3 heteroatoms. The Bertz CT molecular complexity index is 597. The normalized spacial score (nSPS) is 22.0. The predicted molar refractivity (Wildman–Crippen MR) is 83.6 cm³/mol. The minimum atomic E-state index is 0.0128. The fourth-order valence-corrected chi connectivity index (χ4v) is 2.79. The van der Waals surface area contributed by atoms with Gasteiger partial charge in [0.05, 0.1) is 19.3 Å². The minimum Gasteiger partial charge on any atom is -0.496 e. The Hall–Kier alpha value is -1.84. The molecule has 1 N–H and O–H groups in total. The summed E-state index contributed by atoms with van der Waals surface area (Å²) in [4.78, 5) is 0. The average molecular weight is 283 g/mol. The molecule has 1 aliphatic heterocycles. The van der Waals surface area contributed by atoms with Crippen molar-refractivity contribution >= 4 is 0 Å². The van der Waals surface area contributed by atoms with Crippen LogP contribution in [-0.4, -0.2) is 20.2 Å². The van der Waals surface area contributed by atoms with Gasteiger partial charge in [-0.1, -0.05) is 42.0 Å². The van der Waals surface area contributed by atoms with Crippen LogP contribution in [-0.2, 0) is 4.74 Å². The Kier molecular flexibility index (Phi) is 4.23. The summed E-state index contributed by atoms with van der Waals surface area (Å²) < 4.78 is 11.8. The summed E-state index contributed by atoms with van der Waals surface area (Å²) in [5.74, 6) is 0.890. The number of rotatable bonds is 3. The molecular formula is C18H21NO2. The van der Waals surface area contributed by atoms with Gasteiger partial charge < -0.3 is 14.8 Å². The van der Waals surface area contributed by atoms with Crippen molar-refractivity contribution in [2.75, 3.05) is 20.2 Å². The second-order valence-electron chi connectivity index (χ2n) is 5.43. The van der Waals surface area contributed by atoms with Gasteiger partial charge in [0.15, 0.2) is 0 Å². The maximum absolute atomic E-state index is 6.31. The summed E-state index contributed by atoms with van der Waals surface area (Å²) in [7, 11) is 1.71. The zero-order chi connectivity index (χ0) is 14.7. The SMILES string of the molecule is COc1ccc(C)cc1C1CNCC(c2ccccc2)O1. The van der Waals surface area contributed by atoms with Gasteiger partial charge in [-0.2, -0.15) is 0 Å². The molecule has 0 spiro atoms. The van der Waals surface area contributed by atoms with Crippen LogP contribution in [0.5, 0.6) is 5.75 Å². The molecule has 2 atom stereocenters. The monoisotopic (exact) mass is 283 g/mol. The smallest absolute Gasteiger partial charge is 0.124 e. The molecule has 0 radical (unpaired) electrons. The second-order valence-corrected chi connectivity index (χ2v) is 5.43. The molecule has 0 bridgehead atoms. The number of benzene rings is 2. The van der Waals surface area contributed by atoms with Gasteiger partial charge in [0.1, 0.15) is 5.75 Å². The lowest BCUT2D eigenvalue weighted by molar-refractivity contribution is -0.0415. The van der Waals surface area contributed by atoms with Crippen molar-refractivity contribution in [3.8, 4) is 5.75 Å². The summed E-state index contributed by atoms with van der Waals surface area (Å²) in [6.45, 7) is 3.74. The van der Waals surface area contributed by atoms with E-state index < -0.39 is 0 Å². The van der Waals surface area contributed by atoms with E-state index in [9.17, 15) is 0 Å². The van der Waals surface area contributed by atoms with E-state index in [0.29, 0.717) is 0 Å². The number of aryl methyl sites for hydroxylation is 1. The number of nitrogens with one attached hydrogen (secondary N) is 1. The summed E-state index contributed by atoms with van der Waals surface area (Å²) in [5.41, 5.74) is 3.54. The highest BCUT2D eigenvalue weighted by atomic mass is 16.5. The van der Waals surface area contributed by atoms with Crippen LogP contribution in [0.3, 0.4) is 0 Å². The average Bonchev–Trinajstić information content (AvgIpc) is 2.56. The van der Waals surface area contributed by atoms with Crippen molar-refractivity contribution in [2.24, 2.45) is 0 Å². The standard InChI is InChI=1S/C18H21NO2/c1-13-8-9-16(20-2)15(10-13)18-12-19-11-17(21-18)14-6-4-3-5-7-14/h3-10,17-19H,11-12H2,1-2H3. The number of ether oxygens (including phenoxy) is 2. The molecule has 2 aromatic carbocycles. The minimum absolute atomic E-state index is 0.0128. The van der Waals surface area contributed by atoms with Gasteiger partial charge >= 0.3 is 0 Å². The first kappa shape index (κ1) is 14.1. The molecule has 0 saturated carbocycles. The molecule has 21 heavy (non-hydrogen) atoms. The third-order valence-corrected chi connectivity index (χ3v) is 3.89. The van der Waals surface area contributed by atoms with Crippen molar-refractivity contribution in [1.29, 1.82) is 0 Å². The van der Waals surface area contributed by atoms with Crippen LogP contribution >= 0.6 is 0 Å². The lowest BCUT2D eigenvalue weighted by atomic mass is 10.0. The van der Waals surface area contributed by atoms with Crippen LogP contribution in [0.15, 0.2) is 48.5 Å². The van der Waals surface area contributed by atoms with Gasteiger partial charge in [0, 0.05) is 18.7 Å². The van der Waals surface area contributed by atoms with Crippen molar-refractivity contribution < 1.29 is 9.47 Å². The van der Waals surface area contributed by atoms with Crippen molar-refractivity contribution in [3.05, 3.63) is 65.2 Å². The molecule has 0 aromatic heterocycles. The van der Waals surface area contributed by atoms with Crippen LogP contribution in [0, 0.1) is 6.92 Å². The van der Waals surface area contributed by atoms with E-state index in [4.69, 9.17) is 9.47 Å². The molecule has 0 amide bonds. The lowest BCUT2D eigenvalue weighted by Gasteiger charge is -2.32. The first-order valence-corrected chi connectivity index (χ1v) is 7.33. The molecule has 1 heterocycles. The Balaban J connectivity index is 1.85. The quantitative estimate of drug-likeness (QED) is 0.936. The zero-order valence-corrected chi connectivity index (χ0v) is 12.5. The molecule has 2 unspecified atom stereocenters. The number of morpholine rings is 1. The Morgan fingerprint density at radius 1 is 1.05 bits per heavy atom. The van der Waals surface area contributed by atoms with Gasteiger partial charge in [-0.05, 0) is 24.6 Å². The Labute approximate surface area is 125 Å². The summed E-state index contributed by atoms with van der Waals surface area (Å²) in [6.07, 6.45) is 0.0916. The van der Waals surface area contributed by atoms with E-state index in [1.165, 1.54) is 11.1 Å². The molecule has 2 aromatic rings. The highest BCUT2D eigenvalue weighted by Gasteiger charge is 2.26. The van der Waals surface area contributed by atoms with Gasteiger partial charge in [-0.15, -0.1) is 0 Å². The largest absolute Gasteiger partial charge is 0.496 e. The molecule has 1 fully saturated rings. The van der Waals surface area contributed by atoms with Crippen LogP contribution in [0.4, 0.5) is 0 Å². The van der Waals surface area contributed by atoms with Gasteiger partial charge in [-0.25, -0.2) is 0 Å². The highest BCUT2D eigenvalue weighted by Crippen LogP contribution is 2.34. The fraction of sp³-hybridized carbons (Fsp3) is 0.333. The van der Waals surface area contributed by atoms with E-state index >= 15 is 0 Å². The van der Waals surface area contributed by atoms with Gasteiger partial charge in [-0.3, -0.25) is 0 Å². The Morgan fingerprint density at radius 2 is 1.81 bits per heavy atom. The summed E-state index contributed by atoms with van der Waals surface area (Å²) in [5, 5.41) is 3.47. The van der Waals surface area contributed by atoms with Crippen molar-refractivity contribution in [1.82, 2.24) is 5.32 Å². The maximum Gasteiger partial charge on any atom is 0.124 e. The Morgan fingerprint density at radius 3 is 2.57 bits per heavy atom. The molecule has 1 aliphatic rings. The first-order valence-electron chi connectivity index (χ1n) is 7.33. The van der Waals surface area contributed by atoms with E-state index in [-0.39, 0.29) is 12.2 Å². The topological polar surface area (TPSA) is 30.5 Å². The van der Waals surface area contributed by atoms with E-state index in [1.807, 2.05) is 12.1 Å². The van der Waals surface area contributed by atoms with E-state index in [0.717, 1.165) is 24.4 Å². The van der Waals surface area contributed by atoms with Crippen LogP contribution in [0.25, 0.3) is 0 Å². The number of hydrogen-bond donors (Lipinski definition) is 1. The van der Waals surface area contributed by atoms with Gasteiger partial charge in [0.2, 0.25) is 0 Å². The van der Waals surface area contributed by atoms with Crippen LogP contribution < -0.4 is 10.1 Å². The third kappa shape index (κ3) is 3.09. The summed E-state index contributed by atoms with van der Waals surface area (Å²) in [6, 6.07) is 16.6. The van der Waals surface area contributed by atoms with Crippen LogP contribution in [0.2, 0.25) is 0 Å². The van der Waals surface area contributed by atoms with Crippen molar-refractivity contribution in [3.63, 3.8) is 0 Å². The molecule has 0 aliphatic carbocycles. The van der Waals surface area contributed by atoms with Gasteiger partial charge in [0.25, 0.3) is 0 Å². The second kappa shape index (κ2) is 6.29. The first-order chi connectivity index (χ1) is 10.3. The molecule has 3 rings (SSSR count). The van der Waals surface area contributed by atoms with Crippen molar-refractivity contribution in [2.45, 2.75) is 19.1 Å². The zero-order valence-electron chi connectivity index (χ0n) is 12.5. The molecule has 110 valence electrons. The summed E-state index contributed by atoms with van der Waals surface area (Å²) >= 11 is 0. The third-order valence-electron chi connectivity index (χ3n) is 3.89. The van der Waals surface area contributed by atoms with Crippen LogP contribution in [0.1, 0.15) is 28.9 Å². The number of methoxy groups -OCH3 is 1. The number of hydrogen-bond acceptors (Lipinski definition) is 3. The molecule has 1 saturated heterocycles. The highest BCUT2D eigenvalue weighted by molar-refractivity contribution is 5.39. The maximum atomic E-state index is 6.31. The lowest BCUT2D eigenvalue weighted by Crippen LogP contribution is -2.36. The van der Waals surface area contributed by atoms with E-state index in [1.54, 1.807) is 7.11 Å².